The van der Waals surface area contributed by atoms with Crippen molar-refractivity contribution in [1.29, 1.82) is 0 Å². The van der Waals surface area contributed by atoms with Crippen molar-refractivity contribution in [3.63, 3.8) is 0 Å². The topological polar surface area (TPSA) is 195 Å². The summed E-state index contributed by atoms with van der Waals surface area (Å²) in [5.74, 6) is -2.20. The number of aromatic nitrogens is 1. The molecule has 0 aliphatic rings. The molecule has 0 amide bonds. The maximum absolute atomic E-state index is 12.3. The number of carboxylic acid groups (broad SMARTS) is 2. The fraction of sp³-hybridized carbons (Fsp3) is 0.207. The minimum atomic E-state index is -1.06. The zero-order chi connectivity index (χ0) is 28.4. The quantitative estimate of drug-likeness (QED) is 0.131. The number of ether oxygens (including phenoxy) is 1. The van der Waals surface area contributed by atoms with Gasteiger partial charge in [0.05, 0.1) is 0 Å². The summed E-state index contributed by atoms with van der Waals surface area (Å²) in [5.41, 5.74) is 20.5. The molecule has 0 unspecified atom stereocenters. The number of fused-ring (bicyclic) bond motifs is 1. The molecule has 0 aliphatic heterocycles. The second kappa shape index (κ2) is 13.9. The van der Waals surface area contributed by atoms with Crippen LogP contribution in [0.15, 0.2) is 85.1 Å². The molecule has 1 heterocycles. The summed E-state index contributed by atoms with van der Waals surface area (Å²) in [6.07, 6.45) is 2.78. The van der Waals surface area contributed by atoms with E-state index < -0.39 is 36.0 Å². The summed E-state index contributed by atoms with van der Waals surface area (Å²) in [6, 6.07) is 21.1. The molecule has 0 fully saturated rings. The molecular weight excluding hydrogens is 500 g/mol. The SMILES string of the molecule is N[C@@H](Cc1ccc(OC(=O)[C@@H](N)Cc2c[nH]c3ccccc23)cc1)C(=O)O.N[C@@H](Cc1ccccc1)C(=O)O. The number of carbonyl (C=O) groups is 3. The maximum atomic E-state index is 12.3. The monoisotopic (exact) mass is 532 g/mol. The number of para-hydroxylation sites is 1. The lowest BCUT2D eigenvalue weighted by atomic mass is 10.1. The van der Waals surface area contributed by atoms with Crippen molar-refractivity contribution in [1.82, 2.24) is 4.98 Å². The van der Waals surface area contributed by atoms with Gasteiger partial charge in [0.1, 0.15) is 23.9 Å². The number of nitrogens with one attached hydrogen (secondary N) is 1. The van der Waals surface area contributed by atoms with Crippen molar-refractivity contribution in [2.45, 2.75) is 37.4 Å². The van der Waals surface area contributed by atoms with Gasteiger partial charge in [0.15, 0.2) is 0 Å². The van der Waals surface area contributed by atoms with E-state index in [0.29, 0.717) is 18.6 Å². The molecule has 0 spiro atoms. The summed E-state index contributed by atoms with van der Waals surface area (Å²) in [7, 11) is 0. The van der Waals surface area contributed by atoms with Crippen molar-refractivity contribution in [2.75, 3.05) is 0 Å². The lowest BCUT2D eigenvalue weighted by molar-refractivity contribution is -0.139. The smallest absolute Gasteiger partial charge is 0.328 e. The molecule has 0 saturated carbocycles. The molecule has 39 heavy (non-hydrogen) atoms. The minimum Gasteiger partial charge on any atom is -0.480 e. The van der Waals surface area contributed by atoms with Gasteiger partial charge < -0.3 is 37.1 Å². The van der Waals surface area contributed by atoms with E-state index in [1.165, 1.54) is 0 Å². The van der Waals surface area contributed by atoms with E-state index in [4.69, 9.17) is 32.2 Å². The number of nitrogens with two attached hydrogens (primary N) is 3. The number of benzene rings is 3. The number of esters is 1. The van der Waals surface area contributed by atoms with Gasteiger partial charge in [-0.05, 0) is 47.7 Å². The van der Waals surface area contributed by atoms with E-state index in [1.54, 1.807) is 24.3 Å². The van der Waals surface area contributed by atoms with E-state index in [0.717, 1.165) is 27.6 Å². The molecule has 0 saturated heterocycles. The van der Waals surface area contributed by atoms with Crippen molar-refractivity contribution < 1.29 is 29.3 Å². The van der Waals surface area contributed by atoms with E-state index in [-0.39, 0.29) is 6.42 Å². The summed E-state index contributed by atoms with van der Waals surface area (Å²) < 4.78 is 5.32. The number of aliphatic carboxylic acids is 2. The molecule has 0 bridgehead atoms. The largest absolute Gasteiger partial charge is 0.480 e. The molecule has 1 aromatic heterocycles. The van der Waals surface area contributed by atoms with Crippen LogP contribution in [0.4, 0.5) is 0 Å². The van der Waals surface area contributed by atoms with Crippen LogP contribution in [0.1, 0.15) is 16.7 Å². The van der Waals surface area contributed by atoms with E-state index in [1.807, 2.05) is 60.8 Å². The minimum absolute atomic E-state index is 0.198. The number of carboxylic acids is 2. The number of hydrogen-bond donors (Lipinski definition) is 6. The molecule has 3 atom stereocenters. The van der Waals surface area contributed by atoms with Gasteiger partial charge in [-0.3, -0.25) is 9.59 Å². The van der Waals surface area contributed by atoms with Crippen LogP contribution in [-0.2, 0) is 33.6 Å². The molecule has 0 radical (unpaired) electrons. The predicted octanol–water partition coefficient (Wildman–Crippen LogP) is 2.24. The first kappa shape index (κ1) is 29.1. The van der Waals surface area contributed by atoms with Crippen LogP contribution in [0.5, 0.6) is 5.75 Å². The Morgan fingerprint density at radius 2 is 1.23 bits per heavy atom. The van der Waals surface area contributed by atoms with Gasteiger partial charge >= 0.3 is 17.9 Å². The van der Waals surface area contributed by atoms with Gasteiger partial charge in [-0.25, -0.2) is 4.79 Å². The highest BCUT2D eigenvalue weighted by Crippen LogP contribution is 2.20. The van der Waals surface area contributed by atoms with Crippen LogP contribution in [0.3, 0.4) is 0 Å². The van der Waals surface area contributed by atoms with Crippen molar-refractivity contribution >= 4 is 28.8 Å². The average Bonchev–Trinajstić information content (AvgIpc) is 3.33. The predicted molar refractivity (Wildman–Crippen MR) is 147 cm³/mol. The third-order valence-electron chi connectivity index (χ3n) is 5.95. The first-order chi connectivity index (χ1) is 18.6. The molecule has 204 valence electrons. The summed E-state index contributed by atoms with van der Waals surface area (Å²) >= 11 is 0. The molecule has 4 rings (SSSR count). The number of aromatic amines is 1. The lowest BCUT2D eigenvalue weighted by Crippen LogP contribution is -2.36. The van der Waals surface area contributed by atoms with Gasteiger partial charge in [-0.2, -0.15) is 0 Å². The fourth-order valence-electron chi connectivity index (χ4n) is 3.80. The number of rotatable bonds is 10. The normalized spacial score (nSPS) is 13.0. The van der Waals surface area contributed by atoms with Gasteiger partial charge in [0.25, 0.3) is 0 Å². The van der Waals surface area contributed by atoms with E-state index in [2.05, 4.69) is 4.98 Å². The highest BCUT2D eigenvalue weighted by molar-refractivity contribution is 5.85. The van der Waals surface area contributed by atoms with Gasteiger partial charge in [0, 0.05) is 23.5 Å². The Kier molecular flexibility index (Phi) is 10.3. The Hall–Kier alpha value is -4.51. The molecular formula is C29H32N4O6. The Bertz CT molecular complexity index is 1390. The molecule has 0 aliphatic carbocycles. The third kappa shape index (κ3) is 8.78. The summed E-state index contributed by atoms with van der Waals surface area (Å²) in [5, 5.41) is 18.4. The van der Waals surface area contributed by atoms with Gasteiger partial charge in [-0.15, -0.1) is 0 Å². The van der Waals surface area contributed by atoms with Crippen LogP contribution >= 0.6 is 0 Å². The van der Waals surface area contributed by atoms with Crippen LogP contribution < -0.4 is 21.9 Å². The molecule has 4 aromatic rings. The first-order valence-electron chi connectivity index (χ1n) is 12.3. The Morgan fingerprint density at radius 3 is 1.82 bits per heavy atom. The van der Waals surface area contributed by atoms with Crippen molar-refractivity contribution in [3.05, 3.63) is 102 Å². The molecule has 10 nitrogen and oxygen atoms in total. The summed E-state index contributed by atoms with van der Waals surface area (Å²) in [4.78, 5) is 36.6. The first-order valence-corrected chi connectivity index (χ1v) is 12.3. The van der Waals surface area contributed by atoms with Crippen LogP contribution in [0.25, 0.3) is 10.9 Å². The zero-order valence-electron chi connectivity index (χ0n) is 21.2. The second-order valence-corrected chi connectivity index (χ2v) is 9.02. The second-order valence-electron chi connectivity index (χ2n) is 9.02. The molecule has 3 aromatic carbocycles. The van der Waals surface area contributed by atoms with Gasteiger partial charge in [0.2, 0.25) is 0 Å². The standard InChI is InChI=1S/C20H21N3O4.C9H11NO2/c21-16(19(24)25)9-12-5-7-14(8-6-12)27-20(26)17(22)10-13-11-23-18-4-2-1-3-15(13)18;10-8(9(11)12)6-7-4-2-1-3-5-7/h1-8,11,16-17,23H,9-10,21-22H2,(H,24,25);1-5,8H,6,10H2,(H,11,12)/t16-,17-;8-/m00/s1. The van der Waals surface area contributed by atoms with E-state index >= 15 is 0 Å². The highest BCUT2D eigenvalue weighted by atomic mass is 16.5. The molecule has 10 heteroatoms. The number of H-pyrrole nitrogens is 1. The fourth-order valence-corrected chi connectivity index (χ4v) is 3.80. The Morgan fingerprint density at radius 1 is 0.692 bits per heavy atom. The number of hydrogen-bond acceptors (Lipinski definition) is 7. The van der Waals surface area contributed by atoms with Crippen LogP contribution in [0.2, 0.25) is 0 Å². The van der Waals surface area contributed by atoms with Crippen LogP contribution in [0, 0.1) is 0 Å². The zero-order valence-corrected chi connectivity index (χ0v) is 21.2. The third-order valence-corrected chi connectivity index (χ3v) is 5.95. The average molecular weight is 533 g/mol. The van der Waals surface area contributed by atoms with Crippen molar-refractivity contribution in [2.24, 2.45) is 17.2 Å². The molecule has 9 N–H and O–H groups in total. The maximum Gasteiger partial charge on any atom is 0.328 e. The lowest BCUT2D eigenvalue weighted by Gasteiger charge is -2.12. The van der Waals surface area contributed by atoms with Crippen molar-refractivity contribution in [3.8, 4) is 5.75 Å². The summed E-state index contributed by atoms with van der Waals surface area (Å²) in [6.45, 7) is 0. The van der Waals surface area contributed by atoms with Crippen LogP contribution in [-0.4, -0.2) is 51.2 Å². The van der Waals surface area contributed by atoms with Gasteiger partial charge in [-0.1, -0.05) is 60.7 Å². The Labute approximate surface area is 225 Å². The Balaban J connectivity index is 0.000000293. The van der Waals surface area contributed by atoms with E-state index in [9.17, 15) is 14.4 Å². The highest BCUT2D eigenvalue weighted by Gasteiger charge is 2.19. The number of carbonyl (C=O) groups excluding carboxylic acids is 1.